The number of aromatic nitrogens is 1. The van der Waals surface area contributed by atoms with E-state index in [9.17, 15) is 0 Å². The van der Waals surface area contributed by atoms with Crippen molar-refractivity contribution in [3.63, 3.8) is 0 Å². The van der Waals surface area contributed by atoms with Crippen molar-refractivity contribution >= 4 is 116 Å². The fourth-order valence-corrected chi connectivity index (χ4v) is 10.3. The van der Waals surface area contributed by atoms with Crippen LogP contribution in [-0.2, 0) is 12.8 Å². The van der Waals surface area contributed by atoms with Crippen molar-refractivity contribution in [1.29, 1.82) is 0 Å². The molecule has 0 fully saturated rings. The summed E-state index contributed by atoms with van der Waals surface area (Å²) >= 11 is 0. The van der Waals surface area contributed by atoms with Crippen LogP contribution < -0.4 is 9.80 Å². The van der Waals surface area contributed by atoms with Gasteiger partial charge in [0.2, 0.25) is 0 Å². The van der Waals surface area contributed by atoms with Crippen molar-refractivity contribution in [2.45, 2.75) is 26.7 Å². The molecule has 0 unspecified atom stereocenters. The zero-order chi connectivity index (χ0) is 41.8. The van der Waals surface area contributed by atoms with Crippen molar-refractivity contribution in [2.75, 3.05) is 9.80 Å². The van der Waals surface area contributed by atoms with Gasteiger partial charge < -0.3 is 23.0 Å². The maximum absolute atomic E-state index is 7.08. The molecule has 0 atom stereocenters. The lowest BCUT2D eigenvalue weighted by Gasteiger charge is -2.27. The predicted octanol–water partition coefficient (Wildman–Crippen LogP) is 16.7. The molecule has 300 valence electrons. The molecule has 0 spiro atoms. The molecule has 4 heterocycles. The zero-order valence-corrected chi connectivity index (χ0v) is 35.0. The molecule has 13 aromatic rings. The summed E-state index contributed by atoms with van der Waals surface area (Å²) in [5.74, 6) is 0. The summed E-state index contributed by atoms with van der Waals surface area (Å²) in [6.45, 7) is 4.42. The summed E-state index contributed by atoms with van der Waals surface area (Å²) in [5, 5.41) is 8.82. The molecule has 5 heteroatoms. The highest BCUT2D eigenvalue weighted by molar-refractivity contribution is 6.36. The monoisotopic (exact) mass is 811 g/mol. The summed E-state index contributed by atoms with van der Waals surface area (Å²) in [6.07, 6.45) is 1.95. The van der Waals surface area contributed by atoms with Crippen LogP contribution in [0.2, 0.25) is 0 Å². The number of hydrogen-bond donors (Lipinski definition) is 0. The van der Waals surface area contributed by atoms with E-state index < -0.39 is 0 Å². The smallest absolute Gasteiger partial charge is 0.160 e. The van der Waals surface area contributed by atoms with Crippen LogP contribution in [-0.4, -0.2) is 4.40 Å². The number of rotatable bonds is 8. The number of hydrogen-bond acceptors (Lipinski definition) is 4. The molecule has 9 aromatic carbocycles. The molecule has 63 heavy (non-hydrogen) atoms. The Kier molecular flexibility index (Phi) is 7.79. The third-order valence-corrected chi connectivity index (χ3v) is 13.2. The van der Waals surface area contributed by atoms with Gasteiger partial charge in [0.1, 0.15) is 22.2 Å². The van der Waals surface area contributed by atoms with Crippen LogP contribution in [0.25, 0.3) is 82.0 Å². The van der Waals surface area contributed by atoms with E-state index in [4.69, 9.17) is 8.83 Å². The van der Waals surface area contributed by atoms with E-state index in [0.29, 0.717) is 0 Å². The van der Waals surface area contributed by atoms with Gasteiger partial charge in [-0.2, -0.15) is 0 Å². The highest BCUT2D eigenvalue weighted by Crippen LogP contribution is 2.54. The number of para-hydroxylation sites is 5. The molecular formula is C58H41N3O2. The Morgan fingerprint density at radius 1 is 0.365 bits per heavy atom. The molecule has 0 aliphatic carbocycles. The summed E-state index contributed by atoms with van der Waals surface area (Å²) in [7, 11) is 0. The minimum atomic E-state index is 0.851. The van der Waals surface area contributed by atoms with Crippen LogP contribution in [0.1, 0.15) is 25.0 Å². The Bertz CT molecular complexity index is 3610. The van der Waals surface area contributed by atoms with E-state index in [1.54, 1.807) is 0 Å². The Labute approximate surface area is 363 Å². The lowest BCUT2D eigenvalue weighted by Crippen LogP contribution is -2.11. The Hall–Kier alpha value is -8.02. The van der Waals surface area contributed by atoms with Gasteiger partial charge in [0.05, 0.1) is 16.9 Å². The minimum Gasteiger partial charge on any atom is -0.454 e. The Morgan fingerprint density at radius 3 is 1.17 bits per heavy atom. The number of aryl methyl sites for hydroxylation is 2. The van der Waals surface area contributed by atoms with Crippen molar-refractivity contribution in [3.05, 3.63) is 199 Å². The van der Waals surface area contributed by atoms with Gasteiger partial charge in [-0.1, -0.05) is 129 Å². The quantitative estimate of drug-likeness (QED) is 0.153. The molecular weight excluding hydrogens is 771 g/mol. The molecule has 0 saturated carbocycles. The first kappa shape index (κ1) is 35.7. The van der Waals surface area contributed by atoms with E-state index in [1.807, 2.05) is 0 Å². The second kappa shape index (κ2) is 13.7. The number of fused-ring (bicyclic) bond motifs is 14. The normalized spacial score (nSPS) is 12.1. The largest absolute Gasteiger partial charge is 0.454 e. The fourth-order valence-electron chi connectivity index (χ4n) is 10.3. The van der Waals surface area contributed by atoms with Gasteiger partial charge >= 0.3 is 0 Å². The first-order valence-electron chi connectivity index (χ1n) is 22.0. The van der Waals surface area contributed by atoms with Gasteiger partial charge in [-0.3, -0.25) is 0 Å². The maximum atomic E-state index is 7.08. The number of nitrogens with zero attached hydrogens (tertiary/aromatic N) is 3. The highest BCUT2D eigenvalue weighted by Gasteiger charge is 2.31. The second-order valence-electron chi connectivity index (χ2n) is 16.6. The molecule has 0 aliphatic rings. The van der Waals surface area contributed by atoms with Gasteiger partial charge in [0.15, 0.2) is 11.2 Å². The Balaban J connectivity index is 1.26. The standard InChI is InChI=1S/C58H41N3O2/c1-3-36-26-30-40(31-27-36)59(38-16-7-5-8-17-38)48-34-46-42-20-11-13-24-50(42)62-57(46)55-52(48)44-22-15-23-45-53-49(60(39-18-9-6-10-19-39)41-32-28-37(4-2)29-33-41)35-47-43-21-12-14-25-51(43)63-58(47)56(53)61(55)54(44)45/h5-35H,3-4H2,1-2H3. The predicted molar refractivity (Wildman–Crippen MR) is 264 cm³/mol. The van der Waals surface area contributed by atoms with E-state index >= 15 is 0 Å². The molecule has 4 aromatic heterocycles. The van der Waals surface area contributed by atoms with Crippen LogP contribution in [0, 0.1) is 0 Å². The SMILES string of the molecule is CCc1ccc(N(c2ccccc2)c2cc3c4ccccc4oc3c3c2c2cccc4c5c(N(c6ccccc6)c6ccc(CC)cc6)cc6c7ccccc7oc6c5n3c24)cc1. The van der Waals surface area contributed by atoms with Crippen LogP contribution in [0.5, 0.6) is 0 Å². The van der Waals surface area contributed by atoms with E-state index in [0.717, 1.165) is 129 Å². The first-order valence-corrected chi connectivity index (χ1v) is 22.0. The van der Waals surface area contributed by atoms with E-state index in [1.165, 1.54) is 11.1 Å². The third-order valence-electron chi connectivity index (χ3n) is 13.2. The summed E-state index contributed by atoms with van der Waals surface area (Å²) in [4.78, 5) is 4.85. The molecule has 0 N–H and O–H groups in total. The van der Waals surface area contributed by atoms with Gasteiger partial charge in [0.25, 0.3) is 0 Å². The average Bonchev–Trinajstić information content (AvgIpc) is 4.10. The van der Waals surface area contributed by atoms with Crippen LogP contribution in [0.4, 0.5) is 34.1 Å². The molecule has 0 saturated heterocycles. The second-order valence-corrected chi connectivity index (χ2v) is 16.6. The summed E-state index contributed by atoms with van der Waals surface area (Å²) in [6, 6.07) is 67.9. The van der Waals surface area contributed by atoms with Crippen molar-refractivity contribution in [2.24, 2.45) is 0 Å². The van der Waals surface area contributed by atoms with Gasteiger partial charge in [-0.25, -0.2) is 0 Å². The number of benzene rings is 9. The highest BCUT2D eigenvalue weighted by atomic mass is 16.3. The number of furan rings is 2. The van der Waals surface area contributed by atoms with Crippen LogP contribution in [0.15, 0.2) is 197 Å². The molecule has 0 aliphatic heterocycles. The van der Waals surface area contributed by atoms with Crippen molar-refractivity contribution in [1.82, 2.24) is 4.40 Å². The van der Waals surface area contributed by atoms with Gasteiger partial charge in [-0.05, 0) is 96.8 Å². The molecule has 13 rings (SSSR count). The molecule has 5 nitrogen and oxygen atoms in total. The molecule has 0 radical (unpaired) electrons. The van der Waals surface area contributed by atoms with Crippen molar-refractivity contribution in [3.8, 4) is 0 Å². The molecule has 0 bridgehead atoms. The van der Waals surface area contributed by atoms with E-state index in [2.05, 4.69) is 216 Å². The van der Waals surface area contributed by atoms with Gasteiger partial charge in [0, 0.05) is 65.8 Å². The molecule has 0 amide bonds. The average molecular weight is 812 g/mol. The topological polar surface area (TPSA) is 37.2 Å². The van der Waals surface area contributed by atoms with Crippen LogP contribution in [0.3, 0.4) is 0 Å². The Morgan fingerprint density at radius 2 is 0.746 bits per heavy atom. The van der Waals surface area contributed by atoms with E-state index in [-0.39, 0.29) is 0 Å². The zero-order valence-electron chi connectivity index (χ0n) is 35.0. The minimum absolute atomic E-state index is 0.851. The third kappa shape index (κ3) is 5.17. The summed E-state index contributed by atoms with van der Waals surface area (Å²) in [5.41, 5.74) is 15.7. The maximum Gasteiger partial charge on any atom is 0.160 e. The number of anilines is 6. The fraction of sp³-hybridized carbons (Fsp3) is 0.0690. The van der Waals surface area contributed by atoms with Crippen LogP contribution >= 0.6 is 0 Å². The lowest BCUT2D eigenvalue weighted by molar-refractivity contribution is 0.670. The lowest BCUT2D eigenvalue weighted by atomic mass is 10.0. The first-order chi connectivity index (χ1) is 31.2. The van der Waals surface area contributed by atoms with Crippen molar-refractivity contribution < 1.29 is 8.83 Å². The van der Waals surface area contributed by atoms with Gasteiger partial charge in [-0.15, -0.1) is 0 Å². The summed E-state index contributed by atoms with van der Waals surface area (Å²) < 4.78 is 16.6.